The first-order valence-corrected chi connectivity index (χ1v) is 7.12. The van der Waals surface area contributed by atoms with E-state index >= 15 is 0 Å². The maximum absolute atomic E-state index is 5.03. The average molecular weight is 260 g/mol. The summed E-state index contributed by atoms with van der Waals surface area (Å²) in [4.78, 5) is 0. The molecule has 3 heteroatoms. The quantitative estimate of drug-likeness (QED) is 0.738. The monoisotopic (exact) mass is 260 g/mol. The smallest absolute Gasteiger partial charge is 0.0587 e. The van der Waals surface area contributed by atoms with E-state index in [9.17, 15) is 0 Å². The first-order chi connectivity index (χ1) is 9.35. The van der Waals surface area contributed by atoms with E-state index in [0.29, 0.717) is 0 Å². The van der Waals surface area contributed by atoms with Gasteiger partial charge in [0.05, 0.1) is 6.61 Å². The molecule has 0 saturated heterocycles. The van der Waals surface area contributed by atoms with E-state index in [0.717, 1.165) is 26.2 Å². The standard InChI is InChI=1S/C16H24N2O/c1-3-4-9-18-10-7-15-12-14(5-6-16(15)18)13-17-8-11-19-2/h5-7,10,12,17H,3-4,8-9,11,13H2,1-2H3. The minimum absolute atomic E-state index is 0.760. The number of aryl methyl sites for hydroxylation is 1. The van der Waals surface area contributed by atoms with Gasteiger partial charge >= 0.3 is 0 Å². The van der Waals surface area contributed by atoms with Gasteiger partial charge in [0.15, 0.2) is 0 Å². The molecule has 0 aliphatic carbocycles. The zero-order valence-corrected chi connectivity index (χ0v) is 12.0. The number of rotatable bonds is 8. The Hall–Kier alpha value is -1.32. The highest BCUT2D eigenvalue weighted by Crippen LogP contribution is 2.18. The van der Waals surface area contributed by atoms with E-state index in [-0.39, 0.29) is 0 Å². The average Bonchev–Trinajstić information content (AvgIpc) is 2.84. The Labute approximate surface area is 115 Å². The lowest BCUT2D eigenvalue weighted by atomic mass is 10.1. The Bertz CT molecular complexity index is 504. The molecule has 0 fully saturated rings. The van der Waals surface area contributed by atoms with Crippen molar-refractivity contribution in [3.63, 3.8) is 0 Å². The number of fused-ring (bicyclic) bond motifs is 1. The predicted molar refractivity (Wildman–Crippen MR) is 80.4 cm³/mol. The first kappa shape index (κ1) is 14.1. The van der Waals surface area contributed by atoms with E-state index in [2.05, 4.69) is 47.3 Å². The number of hydrogen-bond acceptors (Lipinski definition) is 2. The van der Waals surface area contributed by atoms with Crippen molar-refractivity contribution >= 4 is 10.9 Å². The van der Waals surface area contributed by atoms with Crippen LogP contribution in [0.1, 0.15) is 25.3 Å². The van der Waals surface area contributed by atoms with Crippen LogP contribution in [0.3, 0.4) is 0 Å². The summed E-state index contributed by atoms with van der Waals surface area (Å²) in [6, 6.07) is 8.93. The van der Waals surface area contributed by atoms with Crippen LogP contribution in [0.15, 0.2) is 30.5 Å². The highest BCUT2D eigenvalue weighted by Gasteiger charge is 2.02. The fourth-order valence-corrected chi connectivity index (χ4v) is 2.29. The lowest BCUT2D eigenvalue weighted by Crippen LogP contribution is -2.18. The number of nitrogens with zero attached hydrogens (tertiary/aromatic N) is 1. The Morgan fingerprint density at radius 2 is 2.16 bits per heavy atom. The van der Waals surface area contributed by atoms with Gasteiger partial charge in [-0.25, -0.2) is 0 Å². The van der Waals surface area contributed by atoms with E-state index in [1.807, 2.05) is 0 Å². The van der Waals surface area contributed by atoms with Crippen molar-refractivity contribution in [1.82, 2.24) is 9.88 Å². The molecule has 0 aliphatic heterocycles. The van der Waals surface area contributed by atoms with Crippen LogP contribution in [-0.4, -0.2) is 24.8 Å². The number of aromatic nitrogens is 1. The van der Waals surface area contributed by atoms with E-state index in [1.54, 1.807) is 7.11 Å². The summed E-state index contributed by atoms with van der Waals surface area (Å²) in [5.74, 6) is 0. The molecule has 19 heavy (non-hydrogen) atoms. The molecule has 1 aromatic heterocycles. The minimum atomic E-state index is 0.760. The van der Waals surface area contributed by atoms with Crippen LogP contribution >= 0.6 is 0 Å². The zero-order valence-electron chi connectivity index (χ0n) is 12.0. The number of unbranched alkanes of at least 4 members (excludes halogenated alkanes) is 1. The molecule has 1 aromatic carbocycles. The van der Waals surface area contributed by atoms with Crippen molar-refractivity contribution in [3.05, 3.63) is 36.0 Å². The molecule has 0 saturated carbocycles. The zero-order chi connectivity index (χ0) is 13.5. The van der Waals surface area contributed by atoms with E-state index in [1.165, 1.54) is 29.3 Å². The molecule has 104 valence electrons. The summed E-state index contributed by atoms with van der Waals surface area (Å²) >= 11 is 0. The molecule has 3 nitrogen and oxygen atoms in total. The third-order valence-electron chi connectivity index (χ3n) is 3.40. The second kappa shape index (κ2) is 7.31. The molecule has 0 amide bonds. The van der Waals surface area contributed by atoms with Gasteiger partial charge in [-0.2, -0.15) is 0 Å². The van der Waals surface area contributed by atoms with Crippen LogP contribution in [0.2, 0.25) is 0 Å². The van der Waals surface area contributed by atoms with E-state index < -0.39 is 0 Å². The molecule has 0 atom stereocenters. The minimum Gasteiger partial charge on any atom is -0.383 e. The normalized spacial score (nSPS) is 11.3. The Kier molecular flexibility index (Phi) is 5.43. The largest absolute Gasteiger partial charge is 0.383 e. The molecular formula is C16H24N2O. The molecular weight excluding hydrogens is 236 g/mol. The number of benzene rings is 1. The van der Waals surface area contributed by atoms with Crippen LogP contribution < -0.4 is 5.32 Å². The lowest BCUT2D eigenvalue weighted by Gasteiger charge is -2.07. The van der Waals surface area contributed by atoms with Crippen LogP contribution in [0.5, 0.6) is 0 Å². The number of hydrogen-bond donors (Lipinski definition) is 1. The SMILES string of the molecule is CCCCn1ccc2cc(CNCCOC)ccc21. The molecule has 2 rings (SSSR count). The van der Waals surface area contributed by atoms with Gasteiger partial charge in [0.25, 0.3) is 0 Å². The van der Waals surface area contributed by atoms with Crippen LogP contribution in [0.4, 0.5) is 0 Å². The highest BCUT2D eigenvalue weighted by atomic mass is 16.5. The van der Waals surface area contributed by atoms with Crippen molar-refractivity contribution in [2.24, 2.45) is 0 Å². The van der Waals surface area contributed by atoms with Crippen molar-refractivity contribution in [2.75, 3.05) is 20.3 Å². The Balaban J connectivity index is 2.01. The van der Waals surface area contributed by atoms with Crippen molar-refractivity contribution in [2.45, 2.75) is 32.9 Å². The molecule has 0 radical (unpaired) electrons. The van der Waals surface area contributed by atoms with Gasteiger partial charge < -0.3 is 14.6 Å². The Morgan fingerprint density at radius 3 is 2.95 bits per heavy atom. The molecule has 1 heterocycles. The van der Waals surface area contributed by atoms with Crippen molar-refractivity contribution in [3.8, 4) is 0 Å². The second-order valence-electron chi connectivity index (χ2n) is 4.93. The van der Waals surface area contributed by atoms with Crippen LogP contribution in [0, 0.1) is 0 Å². The topological polar surface area (TPSA) is 26.2 Å². The maximum atomic E-state index is 5.03. The van der Waals surface area contributed by atoms with Gasteiger partial charge in [-0.05, 0) is 35.6 Å². The number of nitrogens with one attached hydrogen (secondary N) is 1. The molecule has 0 aliphatic rings. The van der Waals surface area contributed by atoms with Gasteiger partial charge in [-0.1, -0.05) is 19.4 Å². The van der Waals surface area contributed by atoms with Gasteiger partial charge in [-0.3, -0.25) is 0 Å². The van der Waals surface area contributed by atoms with Gasteiger partial charge in [0, 0.05) is 38.5 Å². The fourth-order valence-electron chi connectivity index (χ4n) is 2.29. The molecule has 1 N–H and O–H groups in total. The summed E-state index contributed by atoms with van der Waals surface area (Å²) < 4.78 is 7.37. The third kappa shape index (κ3) is 3.82. The van der Waals surface area contributed by atoms with Gasteiger partial charge in [0.2, 0.25) is 0 Å². The number of ether oxygens (including phenoxy) is 1. The summed E-state index contributed by atoms with van der Waals surface area (Å²) in [6.45, 7) is 5.90. The maximum Gasteiger partial charge on any atom is 0.0587 e. The third-order valence-corrected chi connectivity index (χ3v) is 3.40. The van der Waals surface area contributed by atoms with Crippen LogP contribution in [-0.2, 0) is 17.8 Å². The molecule has 0 unspecified atom stereocenters. The van der Waals surface area contributed by atoms with Crippen molar-refractivity contribution in [1.29, 1.82) is 0 Å². The van der Waals surface area contributed by atoms with Gasteiger partial charge in [0.1, 0.15) is 0 Å². The van der Waals surface area contributed by atoms with Crippen LogP contribution in [0.25, 0.3) is 10.9 Å². The summed E-state index contributed by atoms with van der Waals surface area (Å²) in [5.41, 5.74) is 2.67. The summed E-state index contributed by atoms with van der Waals surface area (Å²) in [7, 11) is 1.73. The van der Waals surface area contributed by atoms with E-state index in [4.69, 9.17) is 4.74 Å². The molecule has 2 aromatic rings. The van der Waals surface area contributed by atoms with Gasteiger partial charge in [-0.15, -0.1) is 0 Å². The Morgan fingerprint density at radius 1 is 1.26 bits per heavy atom. The molecule has 0 spiro atoms. The second-order valence-corrected chi connectivity index (χ2v) is 4.93. The lowest BCUT2D eigenvalue weighted by molar-refractivity contribution is 0.199. The highest BCUT2D eigenvalue weighted by molar-refractivity contribution is 5.80. The predicted octanol–water partition coefficient (Wildman–Crippen LogP) is 3.18. The number of methoxy groups -OCH3 is 1. The summed E-state index contributed by atoms with van der Waals surface area (Å²) in [5, 5.41) is 4.71. The fraction of sp³-hybridized carbons (Fsp3) is 0.500. The first-order valence-electron chi connectivity index (χ1n) is 7.12. The van der Waals surface area contributed by atoms with Crippen molar-refractivity contribution < 1.29 is 4.74 Å². The molecule has 0 bridgehead atoms. The summed E-state index contributed by atoms with van der Waals surface area (Å²) in [6.07, 6.45) is 4.67.